The van der Waals surface area contributed by atoms with E-state index in [1.54, 1.807) is 4.90 Å². The van der Waals surface area contributed by atoms with Gasteiger partial charge in [-0.3, -0.25) is 4.79 Å². The summed E-state index contributed by atoms with van der Waals surface area (Å²) in [5.74, 6) is 0.156. The van der Waals surface area contributed by atoms with Gasteiger partial charge < -0.3 is 10.2 Å². The van der Waals surface area contributed by atoms with Gasteiger partial charge in [-0.05, 0) is 30.0 Å². The second kappa shape index (κ2) is 4.92. The summed E-state index contributed by atoms with van der Waals surface area (Å²) in [5.41, 5.74) is 3.17. The summed E-state index contributed by atoms with van der Waals surface area (Å²) in [6.45, 7) is 1.52. The first kappa shape index (κ1) is 13.1. The minimum absolute atomic E-state index is 0.132. The molecule has 1 aromatic carbocycles. The molecule has 4 heteroatoms. The third kappa shape index (κ3) is 2.19. The molecule has 1 N–H and O–H groups in total. The molecule has 2 aliphatic rings. The molecule has 0 bridgehead atoms. The average molecular weight is 269 g/mol. The Bertz CT molecular complexity index is 584. The van der Waals surface area contributed by atoms with Crippen molar-refractivity contribution in [2.24, 2.45) is 5.41 Å². The Balaban J connectivity index is 1.61. The first-order chi connectivity index (χ1) is 9.63. The van der Waals surface area contributed by atoms with E-state index in [1.165, 1.54) is 12.0 Å². The Kier molecular flexibility index (Phi) is 3.23. The van der Waals surface area contributed by atoms with Crippen LogP contribution in [0.5, 0.6) is 0 Å². The zero-order valence-electron chi connectivity index (χ0n) is 11.8. The summed E-state index contributed by atoms with van der Waals surface area (Å²) in [5, 5.41) is 12.6. The van der Waals surface area contributed by atoms with Crippen LogP contribution >= 0.6 is 0 Å². The number of nitrogens with zero attached hydrogens (tertiary/aromatic N) is 2. The lowest BCUT2D eigenvalue weighted by molar-refractivity contribution is -0.117. The maximum Gasteiger partial charge on any atom is 0.231 e. The summed E-state index contributed by atoms with van der Waals surface area (Å²) in [6, 6.07) is 8.61. The van der Waals surface area contributed by atoms with E-state index in [-0.39, 0.29) is 11.3 Å². The van der Waals surface area contributed by atoms with Crippen LogP contribution in [-0.4, -0.2) is 19.5 Å². The van der Waals surface area contributed by atoms with Gasteiger partial charge >= 0.3 is 0 Å². The number of nitriles is 1. The summed E-state index contributed by atoms with van der Waals surface area (Å²) >= 11 is 0. The average Bonchev–Trinajstić information content (AvgIpc) is 2.68. The number of fused-ring (bicyclic) bond motifs is 1. The number of amides is 1. The predicted octanol–water partition coefficient (Wildman–Crippen LogP) is 1.99. The highest BCUT2D eigenvalue weighted by atomic mass is 16.2. The predicted molar refractivity (Wildman–Crippen MR) is 77.2 cm³/mol. The zero-order valence-corrected chi connectivity index (χ0v) is 11.8. The van der Waals surface area contributed by atoms with Gasteiger partial charge in [0, 0.05) is 25.8 Å². The van der Waals surface area contributed by atoms with Crippen LogP contribution in [0, 0.1) is 16.7 Å². The van der Waals surface area contributed by atoms with E-state index in [0.29, 0.717) is 6.42 Å². The highest BCUT2D eigenvalue weighted by molar-refractivity contribution is 6.00. The van der Waals surface area contributed by atoms with Crippen molar-refractivity contribution in [3.63, 3.8) is 0 Å². The first-order valence-corrected chi connectivity index (χ1v) is 7.14. The molecule has 0 aromatic heterocycles. The number of likely N-dealkylation sites (N-methyl/N-ethyl adjacent to an activating group) is 1. The van der Waals surface area contributed by atoms with Gasteiger partial charge in [-0.15, -0.1) is 0 Å². The van der Waals surface area contributed by atoms with Gasteiger partial charge in [0.05, 0.1) is 17.9 Å². The minimum Gasteiger partial charge on any atom is -0.315 e. The van der Waals surface area contributed by atoms with Crippen LogP contribution in [0.1, 0.15) is 30.4 Å². The number of nitrogens with one attached hydrogen (secondary N) is 1. The van der Waals surface area contributed by atoms with Crippen molar-refractivity contribution in [1.29, 1.82) is 5.26 Å². The van der Waals surface area contributed by atoms with Crippen molar-refractivity contribution in [1.82, 2.24) is 5.32 Å². The third-order valence-corrected chi connectivity index (χ3v) is 4.56. The van der Waals surface area contributed by atoms with Crippen LogP contribution < -0.4 is 10.2 Å². The molecule has 1 heterocycles. The molecule has 4 nitrogen and oxygen atoms in total. The van der Waals surface area contributed by atoms with Gasteiger partial charge in [-0.2, -0.15) is 5.26 Å². The smallest absolute Gasteiger partial charge is 0.231 e. The van der Waals surface area contributed by atoms with Crippen molar-refractivity contribution < 1.29 is 4.79 Å². The summed E-state index contributed by atoms with van der Waals surface area (Å²) in [7, 11) is 1.82. The van der Waals surface area contributed by atoms with E-state index < -0.39 is 0 Å². The van der Waals surface area contributed by atoms with Crippen LogP contribution in [0.3, 0.4) is 0 Å². The Morgan fingerprint density at radius 1 is 1.45 bits per heavy atom. The van der Waals surface area contributed by atoms with Crippen LogP contribution in [-0.2, 0) is 17.8 Å². The highest BCUT2D eigenvalue weighted by Gasteiger charge is 2.36. The van der Waals surface area contributed by atoms with Crippen molar-refractivity contribution >= 4 is 11.6 Å². The molecule has 0 saturated heterocycles. The maximum absolute atomic E-state index is 11.6. The Hall–Kier alpha value is -1.86. The largest absolute Gasteiger partial charge is 0.315 e. The van der Waals surface area contributed by atoms with Gasteiger partial charge in [0.15, 0.2) is 0 Å². The Labute approximate surface area is 119 Å². The van der Waals surface area contributed by atoms with Crippen LogP contribution in [0.4, 0.5) is 5.69 Å². The van der Waals surface area contributed by atoms with Gasteiger partial charge in [0.25, 0.3) is 0 Å². The summed E-state index contributed by atoms with van der Waals surface area (Å²) in [4.78, 5) is 13.4. The molecule has 1 saturated carbocycles. The molecule has 104 valence electrons. The quantitative estimate of drug-likeness (QED) is 0.909. The fourth-order valence-electron chi connectivity index (χ4n) is 3.01. The number of hydrogen-bond acceptors (Lipinski definition) is 3. The van der Waals surface area contributed by atoms with Crippen molar-refractivity contribution in [3.8, 4) is 6.07 Å². The maximum atomic E-state index is 11.6. The summed E-state index contributed by atoms with van der Waals surface area (Å²) < 4.78 is 0. The molecule has 0 atom stereocenters. The molecule has 1 fully saturated rings. The molecule has 1 aromatic rings. The first-order valence-electron chi connectivity index (χ1n) is 7.14. The number of benzene rings is 1. The lowest BCUT2D eigenvalue weighted by Crippen LogP contribution is -2.38. The number of anilines is 1. The lowest BCUT2D eigenvalue weighted by atomic mass is 9.70. The van der Waals surface area contributed by atoms with E-state index in [4.69, 9.17) is 0 Å². The summed E-state index contributed by atoms with van der Waals surface area (Å²) in [6.07, 6.45) is 3.70. The number of rotatable bonds is 4. The van der Waals surface area contributed by atoms with Crippen molar-refractivity contribution in [3.05, 3.63) is 29.3 Å². The monoisotopic (exact) mass is 269 g/mol. The molecule has 1 aliphatic carbocycles. The van der Waals surface area contributed by atoms with E-state index in [1.807, 2.05) is 13.1 Å². The zero-order chi connectivity index (χ0) is 14.2. The van der Waals surface area contributed by atoms with Crippen molar-refractivity contribution in [2.45, 2.75) is 32.2 Å². The second-order valence-corrected chi connectivity index (χ2v) is 5.94. The van der Waals surface area contributed by atoms with Crippen LogP contribution in [0.15, 0.2) is 18.2 Å². The van der Waals surface area contributed by atoms with Crippen LogP contribution in [0.25, 0.3) is 0 Å². The molecule has 1 aliphatic heterocycles. The topological polar surface area (TPSA) is 56.1 Å². The van der Waals surface area contributed by atoms with Gasteiger partial charge in [-0.1, -0.05) is 18.6 Å². The van der Waals surface area contributed by atoms with Crippen LogP contribution in [0.2, 0.25) is 0 Å². The number of carbonyl (C=O) groups excluding carboxylic acids is 1. The van der Waals surface area contributed by atoms with Gasteiger partial charge in [0.1, 0.15) is 0 Å². The molecular formula is C16H19N3O. The fourth-order valence-corrected chi connectivity index (χ4v) is 3.01. The second-order valence-electron chi connectivity index (χ2n) is 5.94. The Morgan fingerprint density at radius 3 is 2.90 bits per heavy atom. The standard InChI is InChI=1S/C16H19N3O/c1-19-14-4-3-12(7-13(14)8-15(19)20)9-18-11-16(10-17)5-2-6-16/h3-4,7,18H,2,5-6,8-9,11H2,1H3. The third-order valence-electron chi connectivity index (χ3n) is 4.56. The molecule has 1 amide bonds. The van der Waals surface area contributed by atoms with Gasteiger partial charge in [0.2, 0.25) is 5.91 Å². The molecule has 0 unspecified atom stereocenters. The Morgan fingerprint density at radius 2 is 2.25 bits per heavy atom. The minimum atomic E-state index is -0.132. The molecule has 20 heavy (non-hydrogen) atoms. The van der Waals surface area contributed by atoms with Gasteiger partial charge in [-0.25, -0.2) is 0 Å². The molecule has 0 radical (unpaired) electrons. The highest BCUT2D eigenvalue weighted by Crippen LogP contribution is 2.39. The van der Waals surface area contributed by atoms with E-state index >= 15 is 0 Å². The molecule has 3 rings (SSSR count). The van der Waals surface area contributed by atoms with E-state index in [9.17, 15) is 10.1 Å². The number of carbonyl (C=O) groups is 1. The normalized spacial score (nSPS) is 19.4. The van der Waals surface area contributed by atoms with E-state index in [2.05, 4.69) is 23.5 Å². The number of hydrogen-bond donors (Lipinski definition) is 1. The lowest BCUT2D eigenvalue weighted by Gasteiger charge is -2.35. The molecular weight excluding hydrogens is 250 g/mol. The van der Waals surface area contributed by atoms with E-state index in [0.717, 1.165) is 37.2 Å². The SMILES string of the molecule is CN1C(=O)Cc2cc(CNCC3(C#N)CCC3)ccc21. The molecule has 0 spiro atoms. The van der Waals surface area contributed by atoms with Crippen molar-refractivity contribution in [2.75, 3.05) is 18.5 Å². The fraction of sp³-hybridized carbons (Fsp3) is 0.500.